The van der Waals surface area contributed by atoms with Gasteiger partial charge in [-0.05, 0) is 50.8 Å². The van der Waals surface area contributed by atoms with Gasteiger partial charge in [0.05, 0.1) is 35.5 Å². The molecule has 2 N–H and O–H groups in total. The van der Waals surface area contributed by atoms with Crippen LogP contribution in [-0.4, -0.2) is 83.9 Å². The monoisotopic (exact) mass is 558 g/mol. The van der Waals surface area contributed by atoms with Crippen LogP contribution < -0.4 is 20.3 Å². The number of piperidine rings is 1. The molecule has 0 spiro atoms. The number of nitrogens with zero attached hydrogens (tertiary/aromatic N) is 6. The molecule has 3 aromatic rings. The molecule has 41 heavy (non-hydrogen) atoms. The van der Waals surface area contributed by atoms with Crippen LogP contribution >= 0.6 is 0 Å². The van der Waals surface area contributed by atoms with Crippen LogP contribution in [0.3, 0.4) is 0 Å². The smallest absolute Gasteiger partial charge is 0.227 e. The number of nitriles is 1. The third-order valence-corrected chi connectivity index (χ3v) is 8.42. The SMILES string of the molecule is CCOc1cc(-c2ccc(N3CCC(CN4CCNCC4C)(C(=O)NCC(C)C)CC3)nc2)c2c(C#N)cnn2c1. The number of piperazine rings is 1. The van der Waals surface area contributed by atoms with Gasteiger partial charge in [0.2, 0.25) is 5.91 Å². The third kappa shape index (κ3) is 6.16. The van der Waals surface area contributed by atoms with Gasteiger partial charge in [0, 0.05) is 69.2 Å². The minimum absolute atomic E-state index is 0.187. The average molecular weight is 559 g/mol. The standard InChI is InChI=1S/C31H42N8O2/c1-5-41-26-14-27(29-25(15-32)19-36-39(29)20-26)24-6-7-28(34-18-24)37-11-8-31(9-12-37,30(40)35-16-22(2)3)21-38-13-10-33-17-23(38)4/h6-7,14,18-20,22-23,33H,5,8-13,16-17,21H2,1-4H3,(H,35,40). The van der Waals surface area contributed by atoms with Crippen LogP contribution in [0.5, 0.6) is 5.75 Å². The van der Waals surface area contributed by atoms with E-state index >= 15 is 0 Å². The van der Waals surface area contributed by atoms with Crippen LogP contribution in [0.25, 0.3) is 16.6 Å². The van der Waals surface area contributed by atoms with Gasteiger partial charge >= 0.3 is 0 Å². The highest BCUT2D eigenvalue weighted by Gasteiger charge is 2.43. The van der Waals surface area contributed by atoms with Crippen LogP contribution in [0, 0.1) is 22.7 Å². The number of anilines is 1. The highest BCUT2D eigenvalue weighted by atomic mass is 16.5. The van der Waals surface area contributed by atoms with Crippen molar-refractivity contribution in [2.24, 2.45) is 11.3 Å². The topological polar surface area (TPSA) is 111 Å². The fourth-order valence-corrected chi connectivity index (χ4v) is 5.99. The van der Waals surface area contributed by atoms with E-state index in [1.165, 1.54) is 0 Å². The summed E-state index contributed by atoms with van der Waals surface area (Å²) in [5.41, 5.74) is 2.59. The zero-order valence-corrected chi connectivity index (χ0v) is 24.7. The summed E-state index contributed by atoms with van der Waals surface area (Å²) in [6.45, 7) is 14.9. The Morgan fingerprint density at radius 2 is 2.07 bits per heavy atom. The summed E-state index contributed by atoms with van der Waals surface area (Å²) in [6.07, 6.45) is 6.80. The summed E-state index contributed by atoms with van der Waals surface area (Å²) in [5.74, 6) is 2.19. The van der Waals surface area contributed by atoms with Crippen molar-refractivity contribution < 1.29 is 9.53 Å². The Hall–Kier alpha value is -3.68. The van der Waals surface area contributed by atoms with Gasteiger partial charge in [-0.1, -0.05) is 13.8 Å². The molecule has 10 heteroatoms. The van der Waals surface area contributed by atoms with E-state index in [1.54, 1.807) is 16.9 Å². The zero-order valence-electron chi connectivity index (χ0n) is 24.7. The molecule has 10 nitrogen and oxygen atoms in total. The molecule has 0 aromatic carbocycles. The number of nitrogens with one attached hydrogen (secondary N) is 2. The van der Waals surface area contributed by atoms with E-state index in [0.29, 0.717) is 36.4 Å². The molecule has 5 rings (SSSR count). The predicted octanol–water partition coefficient (Wildman–Crippen LogP) is 3.32. The Labute approximate surface area is 242 Å². The van der Waals surface area contributed by atoms with Crippen molar-refractivity contribution in [3.63, 3.8) is 0 Å². The molecule has 1 atom stereocenters. The summed E-state index contributed by atoms with van der Waals surface area (Å²) in [5, 5.41) is 20.7. The number of ether oxygens (including phenoxy) is 1. The number of fused-ring (bicyclic) bond motifs is 1. The first-order valence-electron chi connectivity index (χ1n) is 14.8. The van der Waals surface area contributed by atoms with E-state index in [9.17, 15) is 10.1 Å². The average Bonchev–Trinajstić information content (AvgIpc) is 3.40. The second kappa shape index (κ2) is 12.5. The molecule has 0 bridgehead atoms. The van der Waals surface area contributed by atoms with Gasteiger partial charge < -0.3 is 20.3 Å². The van der Waals surface area contributed by atoms with Crippen LogP contribution in [-0.2, 0) is 4.79 Å². The molecule has 2 aliphatic heterocycles. The first kappa shape index (κ1) is 28.8. The molecule has 0 saturated carbocycles. The minimum atomic E-state index is -0.405. The highest BCUT2D eigenvalue weighted by molar-refractivity contribution is 5.85. The normalized spacial score (nSPS) is 19.3. The largest absolute Gasteiger partial charge is 0.492 e. The van der Waals surface area contributed by atoms with Gasteiger partial charge in [0.15, 0.2) is 0 Å². The fraction of sp³-hybridized carbons (Fsp3) is 0.548. The minimum Gasteiger partial charge on any atom is -0.492 e. The van der Waals surface area contributed by atoms with E-state index < -0.39 is 5.41 Å². The number of hydrogen-bond acceptors (Lipinski definition) is 8. The lowest BCUT2D eigenvalue weighted by atomic mass is 9.76. The maximum Gasteiger partial charge on any atom is 0.227 e. The Morgan fingerprint density at radius 1 is 1.27 bits per heavy atom. The molecule has 1 amide bonds. The number of pyridine rings is 2. The van der Waals surface area contributed by atoms with Crippen LogP contribution in [0.4, 0.5) is 5.82 Å². The Bertz CT molecular complexity index is 1390. The first-order valence-corrected chi connectivity index (χ1v) is 14.8. The zero-order chi connectivity index (χ0) is 29.0. The number of hydrogen-bond donors (Lipinski definition) is 2. The lowest BCUT2D eigenvalue weighted by Crippen LogP contribution is -2.59. The van der Waals surface area contributed by atoms with E-state index in [2.05, 4.69) is 52.4 Å². The molecule has 3 aromatic heterocycles. The lowest BCUT2D eigenvalue weighted by Gasteiger charge is -2.46. The fourth-order valence-electron chi connectivity index (χ4n) is 5.99. The van der Waals surface area contributed by atoms with Gasteiger partial charge in [0.1, 0.15) is 17.6 Å². The molecular weight excluding hydrogens is 516 g/mol. The maximum absolute atomic E-state index is 13.6. The van der Waals surface area contributed by atoms with Gasteiger partial charge in [-0.3, -0.25) is 9.69 Å². The van der Waals surface area contributed by atoms with Crippen LogP contribution in [0.2, 0.25) is 0 Å². The molecule has 0 aliphatic carbocycles. The van der Waals surface area contributed by atoms with Crippen molar-refractivity contribution in [1.29, 1.82) is 5.26 Å². The first-order chi connectivity index (χ1) is 19.8. The van der Waals surface area contributed by atoms with E-state index in [0.717, 1.165) is 74.6 Å². The third-order valence-electron chi connectivity index (χ3n) is 8.42. The second-order valence-corrected chi connectivity index (χ2v) is 11.8. The van der Waals surface area contributed by atoms with E-state index in [4.69, 9.17) is 9.72 Å². The lowest BCUT2D eigenvalue weighted by molar-refractivity contribution is -0.134. The van der Waals surface area contributed by atoms with Crippen LogP contribution in [0.15, 0.2) is 36.8 Å². The van der Waals surface area contributed by atoms with Crippen molar-refractivity contribution in [2.45, 2.75) is 46.6 Å². The molecule has 5 heterocycles. The van der Waals surface area contributed by atoms with E-state index in [1.807, 2.05) is 31.3 Å². The molecule has 0 radical (unpaired) electrons. The summed E-state index contributed by atoms with van der Waals surface area (Å²) in [4.78, 5) is 23.2. The number of rotatable bonds is 9. The number of aromatic nitrogens is 3. The van der Waals surface area contributed by atoms with Gasteiger partial charge in [-0.15, -0.1) is 0 Å². The number of carbonyl (C=O) groups excluding carboxylic acids is 1. The van der Waals surface area contributed by atoms with Crippen molar-refractivity contribution in [1.82, 2.24) is 30.1 Å². The van der Waals surface area contributed by atoms with E-state index in [-0.39, 0.29) is 5.91 Å². The molecule has 1 unspecified atom stereocenters. The Morgan fingerprint density at radius 3 is 2.73 bits per heavy atom. The maximum atomic E-state index is 13.6. The predicted molar refractivity (Wildman–Crippen MR) is 160 cm³/mol. The molecule has 2 aliphatic rings. The number of carbonyl (C=O) groups is 1. The summed E-state index contributed by atoms with van der Waals surface area (Å²) >= 11 is 0. The van der Waals surface area contributed by atoms with Crippen molar-refractivity contribution in [3.05, 3.63) is 42.4 Å². The van der Waals surface area contributed by atoms with Gasteiger partial charge in [0.25, 0.3) is 0 Å². The van der Waals surface area contributed by atoms with Crippen molar-refractivity contribution in [2.75, 3.05) is 57.3 Å². The summed E-state index contributed by atoms with van der Waals surface area (Å²) < 4.78 is 7.45. The Balaban J connectivity index is 1.35. The molecular formula is C31H42N8O2. The summed E-state index contributed by atoms with van der Waals surface area (Å²) in [7, 11) is 0. The van der Waals surface area contributed by atoms with Crippen molar-refractivity contribution in [3.8, 4) is 22.9 Å². The second-order valence-electron chi connectivity index (χ2n) is 11.8. The number of amides is 1. The Kier molecular flexibility index (Phi) is 8.76. The highest BCUT2D eigenvalue weighted by Crippen LogP contribution is 2.36. The molecule has 218 valence electrons. The van der Waals surface area contributed by atoms with Crippen LogP contribution in [0.1, 0.15) is 46.1 Å². The molecule has 2 fully saturated rings. The van der Waals surface area contributed by atoms with Gasteiger partial charge in [-0.2, -0.15) is 10.4 Å². The summed E-state index contributed by atoms with van der Waals surface area (Å²) in [6, 6.07) is 8.68. The molecule has 2 saturated heterocycles. The van der Waals surface area contributed by atoms with Crippen molar-refractivity contribution >= 4 is 17.2 Å². The quantitative estimate of drug-likeness (QED) is 0.412. The van der Waals surface area contributed by atoms with Gasteiger partial charge in [-0.25, -0.2) is 9.50 Å².